The van der Waals surface area contributed by atoms with Gasteiger partial charge in [0, 0.05) is 11.3 Å². The standard InChI is InChI=1S/C14H21NO/c1-12-6-13(12,2)8-14(7-12)10-4-3-9(5-10)11(14)15-16/h9-10,16H,3-8H2,1-2H3. The van der Waals surface area contributed by atoms with Gasteiger partial charge in [-0.2, -0.15) is 0 Å². The molecule has 0 aliphatic heterocycles. The zero-order valence-electron chi connectivity index (χ0n) is 10.3. The van der Waals surface area contributed by atoms with Gasteiger partial charge in [0.1, 0.15) is 0 Å². The summed E-state index contributed by atoms with van der Waals surface area (Å²) in [5, 5.41) is 13.1. The maximum atomic E-state index is 9.37. The van der Waals surface area contributed by atoms with Gasteiger partial charge in [-0.15, -0.1) is 0 Å². The Morgan fingerprint density at radius 3 is 2.44 bits per heavy atom. The maximum Gasteiger partial charge on any atom is 0.0666 e. The lowest BCUT2D eigenvalue weighted by atomic mass is 9.67. The van der Waals surface area contributed by atoms with Crippen molar-refractivity contribution < 1.29 is 5.21 Å². The molecule has 4 fully saturated rings. The first-order valence-corrected chi connectivity index (χ1v) is 6.76. The van der Waals surface area contributed by atoms with Crippen LogP contribution in [0.15, 0.2) is 5.16 Å². The van der Waals surface area contributed by atoms with E-state index in [1.165, 1.54) is 44.2 Å². The minimum absolute atomic E-state index is 0.319. The number of hydrogen-bond donors (Lipinski definition) is 1. The molecule has 0 radical (unpaired) electrons. The van der Waals surface area contributed by atoms with Crippen molar-refractivity contribution in [3.8, 4) is 0 Å². The number of oxime groups is 1. The molecular weight excluding hydrogens is 198 g/mol. The molecule has 0 saturated heterocycles. The molecule has 2 bridgehead atoms. The quantitative estimate of drug-likeness (QED) is 0.491. The summed E-state index contributed by atoms with van der Waals surface area (Å²) in [5.74, 6) is 1.46. The van der Waals surface area contributed by atoms with Crippen LogP contribution in [-0.2, 0) is 0 Å². The molecule has 4 aliphatic rings. The molecule has 0 aromatic carbocycles. The van der Waals surface area contributed by atoms with Crippen molar-refractivity contribution in [2.75, 3.05) is 0 Å². The minimum atomic E-state index is 0.319. The Labute approximate surface area is 97.1 Å². The van der Waals surface area contributed by atoms with E-state index in [0.717, 1.165) is 5.92 Å². The number of fused-ring (bicyclic) bond motifs is 4. The summed E-state index contributed by atoms with van der Waals surface area (Å²) in [4.78, 5) is 0. The van der Waals surface area contributed by atoms with Crippen molar-refractivity contribution in [1.29, 1.82) is 0 Å². The highest BCUT2D eigenvalue weighted by Crippen LogP contribution is 2.81. The van der Waals surface area contributed by atoms with Gasteiger partial charge in [-0.25, -0.2) is 0 Å². The molecule has 88 valence electrons. The van der Waals surface area contributed by atoms with E-state index < -0.39 is 0 Å². The van der Waals surface area contributed by atoms with E-state index in [-0.39, 0.29) is 0 Å². The molecule has 1 spiro atoms. The molecule has 0 heterocycles. The monoisotopic (exact) mass is 219 g/mol. The molecule has 0 aromatic heterocycles. The van der Waals surface area contributed by atoms with E-state index in [1.54, 1.807) is 0 Å². The van der Waals surface area contributed by atoms with Crippen LogP contribution in [0.2, 0.25) is 0 Å². The SMILES string of the molecule is CC12CC3(CC1(C)C2)C(=NO)C1CCC3C1. The molecular formula is C14H21NO. The van der Waals surface area contributed by atoms with Crippen LogP contribution in [-0.4, -0.2) is 10.9 Å². The van der Waals surface area contributed by atoms with E-state index >= 15 is 0 Å². The van der Waals surface area contributed by atoms with Crippen molar-refractivity contribution in [2.45, 2.75) is 52.4 Å². The zero-order chi connectivity index (χ0) is 11.2. The summed E-state index contributed by atoms with van der Waals surface area (Å²) in [6, 6.07) is 0. The summed E-state index contributed by atoms with van der Waals surface area (Å²) < 4.78 is 0. The Morgan fingerprint density at radius 2 is 1.81 bits per heavy atom. The highest BCUT2D eigenvalue weighted by Gasteiger charge is 2.75. The number of rotatable bonds is 0. The molecule has 4 unspecified atom stereocenters. The molecule has 4 aliphatic carbocycles. The second kappa shape index (κ2) is 2.34. The Bertz CT molecular complexity index is 386. The fraction of sp³-hybridized carbons (Fsp3) is 0.929. The lowest BCUT2D eigenvalue weighted by Gasteiger charge is -2.37. The van der Waals surface area contributed by atoms with E-state index in [1.807, 2.05) is 0 Å². The van der Waals surface area contributed by atoms with Crippen LogP contribution in [0.25, 0.3) is 0 Å². The second-order valence-corrected chi connectivity index (χ2v) is 7.50. The van der Waals surface area contributed by atoms with Crippen LogP contribution in [0.4, 0.5) is 0 Å². The number of nitrogens with zero attached hydrogens (tertiary/aromatic N) is 1. The molecule has 2 nitrogen and oxygen atoms in total. The van der Waals surface area contributed by atoms with Crippen LogP contribution in [0, 0.1) is 28.1 Å². The highest BCUT2D eigenvalue weighted by molar-refractivity contribution is 5.95. The van der Waals surface area contributed by atoms with Crippen LogP contribution < -0.4 is 0 Å². The molecule has 4 saturated carbocycles. The van der Waals surface area contributed by atoms with Gasteiger partial charge in [-0.3, -0.25) is 0 Å². The Morgan fingerprint density at radius 1 is 1.12 bits per heavy atom. The highest BCUT2D eigenvalue weighted by atomic mass is 16.4. The van der Waals surface area contributed by atoms with Gasteiger partial charge < -0.3 is 5.21 Å². The summed E-state index contributed by atoms with van der Waals surface area (Å²) in [6.07, 6.45) is 7.98. The normalized spacial score (nSPS) is 64.5. The van der Waals surface area contributed by atoms with Gasteiger partial charge in [0.05, 0.1) is 5.71 Å². The summed E-state index contributed by atoms with van der Waals surface area (Å²) in [5.41, 5.74) is 2.64. The Kier molecular flexibility index (Phi) is 1.39. The van der Waals surface area contributed by atoms with Crippen molar-refractivity contribution in [3.05, 3.63) is 0 Å². The topological polar surface area (TPSA) is 32.6 Å². The predicted molar refractivity (Wildman–Crippen MR) is 62.6 cm³/mol. The van der Waals surface area contributed by atoms with Gasteiger partial charge >= 0.3 is 0 Å². The van der Waals surface area contributed by atoms with Crippen molar-refractivity contribution >= 4 is 5.71 Å². The third kappa shape index (κ3) is 0.791. The van der Waals surface area contributed by atoms with E-state index in [4.69, 9.17) is 0 Å². The molecule has 16 heavy (non-hydrogen) atoms. The van der Waals surface area contributed by atoms with Crippen molar-refractivity contribution in [3.63, 3.8) is 0 Å². The van der Waals surface area contributed by atoms with Gasteiger partial charge in [0.25, 0.3) is 0 Å². The van der Waals surface area contributed by atoms with Crippen molar-refractivity contribution in [1.82, 2.24) is 0 Å². The second-order valence-electron chi connectivity index (χ2n) is 7.50. The zero-order valence-corrected chi connectivity index (χ0v) is 10.3. The molecule has 2 heteroatoms. The molecule has 0 aromatic rings. The fourth-order valence-corrected chi connectivity index (χ4v) is 5.82. The van der Waals surface area contributed by atoms with Crippen LogP contribution in [0.1, 0.15) is 52.4 Å². The summed E-state index contributed by atoms with van der Waals surface area (Å²) in [7, 11) is 0. The van der Waals surface area contributed by atoms with Gasteiger partial charge in [0.15, 0.2) is 0 Å². The van der Waals surface area contributed by atoms with Gasteiger partial charge in [-0.05, 0) is 55.3 Å². The van der Waals surface area contributed by atoms with Gasteiger partial charge in [0.2, 0.25) is 0 Å². The average molecular weight is 219 g/mol. The Hall–Kier alpha value is -0.530. The van der Waals surface area contributed by atoms with Crippen LogP contribution in [0.3, 0.4) is 0 Å². The van der Waals surface area contributed by atoms with Crippen molar-refractivity contribution in [2.24, 2.45) is 33.2 Å². The van der Waals surface area contributed by atoms with E-state index in [2.05, 4.69) is 19.0 Å². The Balaban J connectivity index is 1.78. The summed E-state index contributed by atoms with van der Waals surface area (Å²) in [6.45, 7) is 4.89. The lowest BCUT2D eigenvalue weighted by molar-refractivity contribution is 0.220. The predicted octanol–water partition coefficient (Wildman–Crippen LogP) is 3.44. The first-order chi connectivity index (χ1) is 7.53. The first-order valence-electron chi connectivity index (χ1n) is 6.76. The molecule has 0 amide bonds. The van der Waals surface area contributed by atoms with Crippen LogP contribution >= 0.6 is 0 Å². The third-order valence-corrected chi connectivity index (χ3v) is 6.74. The van der Waals surface area contributed by atoms with E-state index in [0.29, 0.717) is 22.2 Å². The average Bonchev–Trinajstić information content (AvgIpc) is 2.63. The largest absolute Gasteiger partial charge is 0.411 e. The lowest BCUT2D eigenvalue weighted by Crippen LogP contribution is -2.36. The maximum absolute atomic E-state index is 9.37. The van der Waals surface area contributed by atoms with Gasteiger partial charge in [-0.1, -0.05) is 19.0 Å². The minimum Gasteiger partial charge on any atom is -0.411 e. The molecule has 4 rings (SSSR count). The smallest absolute Gasteiger partial charge is 0.0666 e. The molecule has 4 atom stereocenters. The van der Waals surface area contributed by atoms with E-state index in [9.17, 15) is 5.21 Å². The summed E-state index contributed by atoms with van der Waals surface area (Å²) >= 11 is 0. The third-order valence-electron chi connectivity index (χ3n) is 6.74. The fourth-order valence-electron chi connectivity index (χ4n) is 5.82. The van der Waals surface area contributed by atoms with Crippen LogP contribution in [0.5, 0.6) is 0 Å². The first kappa shape index (κ1) is 9.49. The molecule has 1 N–H and O–H groups in total. The number of hydrogen-bond acceptors (Lipinski definition) is 2.